The van der Waals surface area contributed by atoms with Gasteiger partial charge in [0.15, 0.2) is 11.6 Å². The SMILES string of the molecule is C=CCCc1ccc(-c2ccc(-c3ccc(CC)cc3)c(F)c2F)c(F)c1. The van der Waals surface area contributed by atoms with Crippen LogP contribution in [-0.4, -0.2) is 0 Å². The summed E-state index contributed by atoms with van der Waals surface area (Å²) in [7, 11) is 0. The molecular formula is C24H21F3. The van der Waals surface area contributed by atoms with Gasteiger partial charge in [0.25, 0.3) is 0 Å². The van der Waals surface area contributed by atoms with Crippen molar-refractivity contribution in [3.8, 4) is 22.3 Å². The first-order valence-corrected chi connectivity index (χ1v) is 9.02. The average molecular weight is 366 g/mol. The van der Waals surface area contributed by atoms with Crippen molar-refractivity contribution < 1.29 is 13.2 Å². The molecule has 0 saturated carbocycles. The molecule has 3 aromatic carbocycles. The van der Waals surface area contributed by atoms with Gasteiger partial charge in [0.2, 0.25) is 0 Å². The summed E-state index contributed by atoms with van der Waals surface area (Å²) in [5.74, 6) is -2.56. The molecular weight excluding hydrogens is 345 g/mol. The zero-order valence-corrected chi connectivity index (χ0v) is 15.2. The van der Waals surface area contributed by atoms with E-state index < -0.39 is 17.5 Å². The molecule has 0 nitrogen and oxygen atoms in total. The maximum absolute atomic E-state index is 14.7. The minimum Gasteiger partial charge on any atom is -0.206 e. The van der Waals surface area contributed by atoms with Gasteiger partial charge in [-0.3, -0.25) is 0 Å². The fourth-order valence-corrected chi connectivity index (χ4v) is 3.10. The van der Waals surface area contributed by atoms with E-state index in [9.17, 15) is 13.2 Å². The Hall–Kier alpha value is -2.81. The van der Waals surface area contributed by atoms with Crippen LogP contribution in [0.25, 0.3) is 22.3 Å². The summed E-state index contributed by atoms with van der Waals surface area (Å²) in [6.45, 7) is 5.67. The minimum absolute atomic E-state index is 0.0571. The van der Waals surface area contributed by atoms with E-state index in [0.717, 1.165) is 24.0 Å². The Balaban J connectivity index is 1.98. The molecule has 138 valence electrons. The second kappa shape index (κ2) is 8.26. The highest BCUT2D eigenvalue weighted by Crippen LogP contribution is 2.33. The van der Waals surface area contributed by atoms with Crippen molar-refractivity contribution in [3.05, 3.63) is 95.8 Å². The summed E-state index contributed by atoms with van der Waals surface area (Å²) < 4.78 is 43.9. The van der Waals surface area contributed by atoms with Gasteiger partial charge in [0, 0.05) is 16.7 Å². The lowest BCUT2D eigenvalue weighted by atomic mass is 9.96. The number of benzene rings is 3. The molecule has 0 fully saturated rings. The van der Waals surface area contributed by atoms with E-state index in [4.69, 9.17) is 0 Å². The molecule has 0 bridgehead atoms. The Labute approximate surface area is 158 Å². The fourth-order valence-electron chi connectivity index (χ4n) is 3.10. The normalized spacial score (nSPS) is 10.8. The third kappa shape index (κ3) is 3.97. The molecule has 0 unspecified atom stereocenters. The molecule has 3 heteroatoms. The van der Waals surface area contributed by atoms with E-state index in [0.29, 0.717) is 12.0 Å². The summed E-state index contributed by atoms with van der Waals surface area (Å²) in [4.78, 5) is 0. The van der Waals surface area contributed by atoms with Gasteiger partial charge in [-0.25, -0.2) is 13.2 Å². The zero-order chi connectivity index (χ0) is 19.4. The monoisotopic (exact) mass is 366 g/mol. The van der Waals surface area contributed by atoms with Crippen LogP contribution in [0, 0.1) is 17.5 Å². The van der Waals surface area contributed by atoms with Crippen LogP contribution in [0.1, 0.15) is 24.5 Å². The van der Waals surface area contributed by atoms with Gasteiger partial charge < -0.3 is 0 Å². The molecule has 0 amide bonds. The van der Waals surface area contributed by atoms with Crippen molar-refractivity contribution in [1.29, 1.82) is 0 Å². The second-order valence-electron chi connectivity index (χ2n) is 6.48. The Bertz CT molecular complexity index is 956. The highest BCUT2D eigenvalue weighted by molar-refractivity contribution is 5.72. The lowest BCUT2D eigenvalue weighted by Crippen LogP contribution is -1.97. The Morgan fingerprint density at radius 2 is 1.37 bits per heavy atom. The number of hydrogen-bond acceptors (Lipinski definition) is 0. The third-order valence-electron chi connectivity index (χ3n) is 4.72. The molecule has 0 atom stereocenters. The number of rotatable bonds is 6. The summed E-state index contributed by atoms with van der Waals surface area (Å²) >= 11 is 0. The quantitative estimate of drug-likeness (QED) is 0.407. The standard InChI is InChI=1S/C24H21F3/c1-3-5-6-17-9-12-20(22(25)15-17)21-14-13-19(23(26)24(21)27)18-10-7-16(4-2)8-11-18/h3,7-15H,1,4-6H2,2H3. The average Bonchev–Trinajstić information content (AvgIpc) is 2.69. The van der Waals surface area contributed by atoms with Crippen molar-refractivity contribution in [3.63, 3.8) is 0 Å². The molecule has 0 radical (unpaired) electrons. The molecule has 0 aromatic heterocycles. The highest BCUT2D eigenvalue weighted by atomic mass is 19.2. The minimum atomic E-state index is -1.04. The third-order valence-corrected chi connectivity index (χ3v) is 4.72. The molecule has 0 heterocycles. The van der Waals surface area contributed by atoms with Crippen molar-refractivity contribution in [2.45, 2.75) is 26.2 Å². The van der Waals surface area contributed by atoms with Gasteiger partial charge in [-0.05, 0) is 42.0 Å². The first-order valence-electron chi connectivity index (χ1n) is 9.02. The second-order valence-corrected chi connectivity index (χ2v) is 6.48. The van der Waals surface area contributed by atoms with Gasteiger partial charge in [-0.15, -0.1) is 6.58 Å². The van der Waals surface area contributed by atoms with E-state index >= 15 is 0 Å². The van der Waals surface area contributed by atoms with Crippen molar-refractivity contribution in [2.24, 2.45) is 0 Å². The maximum atomic E-state index is 14.7. The van der Waals surface area contributed by atoms with Crippen molar-refractivity contribution in [2.75, 3.05) is 0 Å². The lowest BCUT2D eigenvalue weighted by molar-refractivity contribution is 0.513. The summed E-state index contributed by atoms with van der Waals surface area (Å²) in [6, 6.07) is 14.9. The van der Waals surface area contributed by atoms with Crippen LogP contribution in [0.3, 0.4) is 0 Å². The van der Waals surface area contributed by atoms with Crippen LogP contribution in [0.5, 0.6) is 0 Å². The lowest BCUT2D eigenvalue weighted by Gasteiger charge is -2.11. The highest BCUT2D eigenvalue weighted by Gasteiger charge is 2.18. The van der Waals surface area contributed by atoms with E-state index in [2.05, 4.69) is 6.58 Å². The number of hydrogen-bond donors (Lipinski definition) is 0. The number of aryl methyl sites for hydroxylation is 2. The van der Waals surface area contributed by atoms with Crippen LogP contribution < -0.4 is 0 Å². The molecule has 27 heavy (non-hydrogen) atoms. The Kier molecular flexibility index (Phi) is 5.80. The van der Waals surface area contributed by atoms with Crippen LogP contribution in [0.2, 0.25) is 0 Å². The van der Waals surface area contributed by atoms with Gasteiger partial charge in [0.1, 0.15) is 5.82 Å². The molecule has 0 saturated heterocycles. The summed E-state index contributed by atoms with van der Waals surface area (Å²) in [5.41, 5.74) is 2.66. The van der Waals surface area contributed by atoms with E-state index in [1.807, 2.05) is 19.1 Å². The first-order chi connectivity index (χ1) is 13.0. The molecule has 0 aliphatic heterocycles. The number of halogens is 3. The van der Waals surface area contributed by atoms with Crippen molar-refractivity contribution >= 4 is 0 Å². The predicted octanol–water partition coefficient (Wildman–Crippen LogP) is 7.12. The van der Waals surface area contributed by atoms with Crippen LogP contribution in [0.4, 0.5) is 13.2 Å². The predicted molar refractivity (Wildman–Crippen MR) is 105 cm³/mol. The van der Waals surface area contributed by atoms with Gasteiger partial charge in [-0.1, -0.05) is 61.5 Å². The largest absolute Gasteiger partial charge is 0.206 e. The summed E-state index contributed by atoms with van der Waals surface area (Å²) in [6.07, 6.45) is 4.02. The van der Waals surface area contributed by atoms with Crippen LogP contribution in [0.15, 0.2) is 67.3 Å². The zero-order valence-electron chi connectivity index (χ0n) is 15.2. The van der Waals surface area contributed by atoms with E-state index in [1.165, 1.54) is 24.3 Å². The van der Waals surface area contributed by atoms with Crippen LogP contribution >= 0.6 is 0 Å². The molecule has 0 N–H and O–H groups in total. The van der Waals surface area contributed by atoms with E-state index in [-0.39, 0.29) is 16.7 Å². The summed E-state index contributed by atoms with van der Waals surface area (Å²) in [5, 5.41) is 0. The van der Waals surface area contributed by atoms with Gasteiger partial charge in [-0.2, -0.15) is 0 Å². The number of allylic oxidation sites excluding steroid dienone is 1. The van der Waals surface area contributed by atoms with Gasteiger partial charge >= 0.3 is 0 Å². The molecule has 0 aliphatic rings. The molecule has 0 spiro atoms. The molecule has 3 aromatic rings. The topological polar surface area (TPSA) is 0 Å². The van der Waals surface area contributed by atoms with Gasteiger partial charge in [0.05, 0.1) is 0 Å². The smallest absolute Gasteiger partial charge is 0.167 e. The van der Waals surface area contributed by atoms with E-state index in [1.54, 1.807) is 24.3 Å². The Morgan fingerprint density at radius 3 is 2.00 bits per heavy atom. The van der Waals surface area contributed by atoms with Crippen LogP contribution in [-0.2, 0) is 12.8 Å². The van der Waals surface area contributed by atoms with Crippen molar-refractivity contribution in [1.82, 2.24) is 0 Å². The fraction of sp³-hybridized carbons (Fsp3) is 0.167. The first kappa shape index (κ1) is 19.0. The Morgan fingerprint density at radius 1 is 0.778 bits per heavy atom. The maximum Gasteiger partial charge on any atom is 0.167 e. The molecule has 0 aliphatic carbocycles. The molecule has 3 rings (SSSR count).